The number of nitrogens with zero attached hydrogens (tertiary/aromatic N) is 4. The fourth-order valence-electron chi connectivity index (χ4n) is 0.865. The molecule has 2 aromatic rings. The minimum atomic E-state index is 0. The molecule has 0 atom stereocenters. The van der Waals surface area contributed by atoms with E-state index in [1.807, 2.05) is 0 Å². The van der Waals surface area contributed by atoms with Crippen LogP contribution in [0.5, 0.6) is 0 Å². The van der Waals surface area contributed by atoms with E-state index in [1.54, 1.807) is 12.3 Å². The van der Waals surface area contributed by atoms with Crippen molar-refractivity contribution >= 4 is 30.0 Å². The van der Waals surface area contributed by atoms with Gasteiger partial charge in [-0.3, -0.25) is 0 Å². The lowest BCUT2D eigenvalue weighted by molar-refractivity contribution is 0.915. The molecule has 0 fully saturated rings. The van der Waals surface area contributed by atoms with Gasteiger partial charge >= 0.3 is 0 Å². The van der Waals surface area contributed by atoms with E-state index in [4.69, 9.17) is 11.5 Å². The van der Waals surface area contributed by atoms with E-state index >= 15 is 0 Å². The molecule has 12 heavy (non-hydrogen) atoms. The molecule has 4 N–H and O–H groups in total. The summed E-state index contributed by atoms with van der Waals surface area (Å²) in [5.74, 6) is 0.410. The van der Waals surface area contributed by atoms with Gasteiger partial charge < -0.3 is 11.5 Å². The van der Waals surface area contributed by atoms with Gasteiger partial charge in [0.2, 0.25) is 11.9 Å². The second-order valence-electron chi connectivity index (χ2n) is 2.04. The summed E-state index contributed by atoms with van der Waals surface area (Å²) in [6, 6.07) is 1.70. The van der Waals surface area contributed by atoms with Crippen LogP contribution in [0.2, 0.25) is 0 Å². The Bertz CT molecular complexity index is 396. The number of hydrogen-bond donors (Lipinski definition) is 2. The first kappa shape index (κ1) is 8.54. The highest BCUT2D eigenvalue weighted by molar-refractivity contribution is 5.85. The molecule has 0 aliphatic rings. The van der Waals surface area contributed by atoms with Crippen molar-refractivity contribution in [2.75, 3.05) is 11.5 Å². The second-order valence-corrected chi connectivity index (χ2v) is 2.04. The molecule has 64 valence electrons. The van der Waals surface area contributed by atoms with Gasteiger partial charge in [0.1, 0.15) is 0 Å². The highest BCUT2D eigenvalue weighted by Gasteiger charge is 2.00. The maximum absolute atomic E-state index is 5.47. The molecule has 2 rings (SSSR count). The number of halogens is 1. The van der Waals surface area contributed by atoms with Crippen LogP contribution < -0.4 is 11.5 Å². The predicted octanol–water partition coefficient (Wildman–Crippen LogP) is -0.290. The van der Waals surface area contributed by atoms with Gasteiger partial charge in [-0.15, -0.1) is 12.4 Å². The Balaban J connectivity index is 0.000000720. The Kier molecular flexibility index (Phi) is 2.01. The van der Waals surface area contributed by atoms with Gasteiger partial charge in [-0.05, 0) is 0 Å². The Morgan fingerprint density at radius 3 is 2.75 bits per heavy atom. The number of anilines is 2. The third-order valence-electron chi connectivity index (χ3n) is 1.30. The van der Waals surface area contributed by atoms with Crippen molar-refractivity contribution in [1.82, 2.24) is 19.6 Å². The Morgan fingerprint density at radius 2 is 2.00 bits per heavy atom. The molecule has 2 heterocycles. The molecule has 0 aromatic carbocycles. The van der Waals surface area contributed by atoms with E-state index in [-0.39, 0.29) is 24.3 Å². The molecule has 0 saturated heterocycles. The van der Waals surface area contributed by atoms with Gasteiger partial charge in [-0.25, -0.2) is 0 Å². The smallest absolute Gasteiger partial charge is 0.226 e. The van der Waals surface area contributed by atoms with Crippen molar-refractivity contribution in [3.8, 4) is 0 Å². The zero-order valence-electron chi connectivity index (χ0n) is 6.01. The van der Waals surface area contributed by atoms with Gasteiger partial charge in [0.05, 0.1) is 6.20 Å². The number of nitrogen functional groups attached to an aromatic ring is 2. The van der Waals surface area contributed by atoms with E-state index in [9.17, 15) is 0 Å². The van der Waals surface area contributed by atoms with Crippen LogP contribution in [0.4, 0.5) is 11.9 Å². The van der Waals surface area contributed by atoms with Gasteiger partial charge in [0, 0.05) is 6.07 Å². The average Bonchev–Trinajstić information content (AvgIpc) is 2.34. The van der Waals surface area contributed by atoms with E-state index in [0.717, 1.165) is 0 Å². The van der Waals surface area contributed by atoms with Crippen molar-refractivity contribution < 1.29 is 0 Å². The van der Waals surface area contributed by atoms with Crippen LogP contribution in [0.3, 0.4) is 0 Å². The molecular weight excluding hydrogens is 180 g/mol. The first-order chi connectivity index (χ1) is 5.27. The molecule has 0 unspecified atom stereocenters. The molecule has 7 heteroatoms. The largest absolute Gasteiger partial charge is 0.368 e. The standard InChI is InChI=1S/C5H6N6.ClH/c6-4-9-3-1-2-8-11(3)5(7)10-4;/h1-2H,(H4,6,7,9,10);1H. The normalized spacial score (nSPS) is 9.67. The third-order valence-corrected chi connectivity index (χ3v) is 1.30. The summed E-state index contributed by atoms with van der Waals surface area (Å²) in [5.41, 5.74) is 11.4. The van der Waals surface area contributed by atoms with Gasteiger partial charge in [0.25, 0.3) is 0 Å². The summed E-state index contributed by atoms with van der Waals surface area (Å²) in [7, 11) is 0. The fraction of sp³-hybridized carbons (Fsp3) is 0. The summed E-state index contributed by atoms with van der Waals surface area (Å²) in [6.45, 7) is 0. The summed E-state index contributed by atoms with van der Waals surface area (Å²) >= 11 is 0. The van der Waals surface area contributed by atoms with Crippen molar-refractivity contribution in [2.24, 2.45) is 0 Å². The summed E-state index contributed by atoms with van der Waals surface area (Å²) in [6.07, 6.45) is 1.58. The first-order valence-electron chi connectivity index (χ1n) is 3.00. The van der Waals surface area contributed by atoms with Crippen LogP contribution in [0.1, 0.15) is 0 Å². The highest BCUT2D eigenvalue weighted by Crippen LogP contribution is 2.03. The Morgan fingerprint density at radius 1 is 1.25 bits per heavy atom. The van der Waals surface area contributed by atoms with Crippen LogP contribution in [0, 0.1) is 0 Å². The lowest BCUT2D eigenvalue weighted by atomic mass is 10.7. The van der Waals surface area contributed by atoms with E-state index in [2.05, 4.69) is 15.1 Å². The molecule has 0 bridgehead atoms. The van der Waals surface area contributed by atoms with E-state index in [0.29, 0.717) is 5.65 Å². The molecule has 2 aromatic heterocycles. The number of fused-ring (bicyclic) bond motifs is 1. The van der Waals surface area contributed by atoms with Crippen LogP contribution in [0.15, 0.2) is 12.3 Å². The minimum Gasteiger partial charge on any atom is -0.368 e. The monoisotopic (exact) mass is 186 g/mol. The third kappa shape index (κ3) is 1.12. The van der Waals surface area contributed by atoms with Crippen LogP contribution in [-0.2, 0) is 0 Å². The Labute approximate surface area is 74.0 Å². The highest BCUT2D eigenvalue weighted by atomic mass is 35.5. The zero-order valence-corrected chi connectivity index (χ0v) is 6.82. The second kappa shape index (κ2) is 2.82. The van der Waals surface area contributed by atoms with Gasteiger partial charge in [0.15, 0.2) is 5.65 Å². The Hall–Kier alpha value is -1.56. The maximum atomic E-state index is 5.47. The number of nitrogens with two attached hydrogens (primary N) is 2. The first-order valence-corrected chi connectivity index (χ1v) is 3.00. The number of aromatic nitrogens is 4. The summed E-state index contributed by atoms with van der Waals surface area (Å²) in [5, 5.41) is 3.87. The van der Waals surface area contributed by atoms with Crippen molar-refractivity contribution in [3.63, 3.8) is 0 Å². The van der Waals surface area contributed by atoms with Crippen molar-refractivity contribution in [3.05, 3.63) is 12.3 Å². The molecule has 0 amide bonds. The summed E-state index contributed by atoms with van der Waals surface area (Å²) < 4.78 is 1.41. The maximum Gasteiger partial charge on any atom is 0.226 e. The fourth-order valence-corrected chi connectivity index (χ4v) is 0.865. The molecule has 0 aliphatic heterocycles. The van der Waals surface area contributed by atoms with Gasteiger partial charge in [-0.1, -0.05) is 0 Å². The van der Waals surface area contributed by atoms with E-state index < -0.39 is 0 Å². The molecule has 6 nitrogen and oxygen atoms in total. The molecule has 0 spiro atoms. The topological polar surface area (TPSA) is 95.1 Å². The van der Waals surface area contributed by atoms with Crippen LogP contribution >= 0.6 is 12.4 Å². The van der Waals surface area contributed by atoms with Crippen molar-refractivity contribution in [1.29, 1.82) is 0 Å². The lowest BCUT2D eigenvalue weighted by Crippen LogP contribution is -2.06. The SMILES string of the molecule is Cl.Nc1nc(N)n2nccc2n1. The van der Waals surface area contributed by atoms with E-state index in [1.165, 1.54) is 4.52 Å². The molecule has 0 saturated carbocycles. The molecule has 0 aliphatic carbocycles. The van der Waals surface area contributed by atoms with Crippen LogP contribution in [-0.4, -0.2) is 19.6 Å². The van der Waals surface area contributed by atoms with Crippen LogP contribution in [0.25, 0.3) is 5.65 Å². The van der Waals surface area contributed by atoms with Crippen molar-refractivity contribution in [2.45, 2.75) is 0 Å². The van der Waals surface area contributed by atoms with Gasteiger partial charge in [-0.2, -0.15) is 19.6 Å². The zero-order chi connectivity index (χ0) is 7.84. The number of hydrogen-bond acceptors (Lipinski definition) is 5. The minimum absolute atomic E-state index is 0. The average molecular weight is 187 g/mol. The summed E-state index contributed by atoms with van der Waals surface area (Å²) in [4.78, 5) is 7.60. The molecular formula is C5H7ClN6. The lowest BCUT2D eigenvalue weighted by Gasteiger charge is -1.96. The predicted molar refractivity (Wildman–Crippen MR) is 46.9 cm³/mol. The number of rotatable bonds is 0. The molecule has 0 radical (unpaired) electrons. The quantitative estimate of drug-likeness (QED) is 0.590.